The van der Waals surface area contributed by atoms with Crippen LogP contribution in [0.1, 0.15) is 24.1 Å². The van der Waals surface area contributed by atoms with E-state index in [0.717, 1.165) is 22.1 Å². The molecule has 8 heteroatoms. The zero-order chi connectivity index (χ0) is 25.4. The van der Waals surface area contributed by atoms with Crippen molar-refractivity contribution in [1.82, 2.24) is 15.4 Å². The first kappa shape index (κ1) is 23.5. The number of hydrogen-bond donors (Lipinski definition) is 2. The van der Waals surface area contributed by atoms with Crippen molar-refractivity contribution in [3.63, 3.8) is 0 Å². The summed E-state index contributed by atoms with van der Waals surface area (Å²) in [7, 11) is 3.15. The van der Waals surface area contributed by atoms with Crippen molar-refractivity contribution in [2.75, 3.05) is 14.2 Å². The first-order valence-corrected chi connectivity index (χ1v) is 11.7. The molecule has 5 rings (SSSR count). The Labute approximate surface area is 212 Å². The number of methoxy groups -OCH3 is 2. The highest BCUT2D eigenvalue weighted by Gasteiger charge is 2.33. The van der Waals surface area contributed by atoms with E-state index < -0.39 is 6.04 Å². The molecule has 1 aliphatic heterocycles. The van der Waals surface area contributed by atoms with Crippen LogP contribution in [0.25, 0.3) is 27.7 Å². The van der Waals surface area contributed by atoms with E-state index in [1.54, 1.807) is 38.5 Å². The highest BCUT2D eigenvalue weighted by atomic mass is 35.5. The monoisotopic (exact) mass is 501 g/mol. The zero-order valence-electron chi connectivity index (χ0n) is 20.0. The molecule has 0 saturated heterocycles. The van der Waals surface area contributed by atoms with Gasteiger partial charge < -0.3 is 14.5 Å². The van der Waals surface area contributed by atoms with Gasteiger partial charge in [-0.1, -0.05) is 41.9 Å². The quantitative estimate of drug-likeness (QED) is 0.387. The lowest BCUT2D eigenvalue weighted by Gasteiger charge is -2.25. The molecule has 182 valence electrons. The van der Waals surface area contributed by atoms with E-state index in [2.05, 4.69) is 10.4 Å². The van der Waals surface area contributed by atoms with Crippen LogP contribution in [0.15, 0.2) is 77.6 Å². The number of amides is 1. The van der Waals surface area contributed by atoms with Crippen LogP contribution in [0, 0.1) is 0 Å². The summed E-state index contributed by atoms with van der Waals surface area (Å²) in [6.45, 7) is 1.46. The van der Waals surface area contributed by atoms with Crippen LogP contribution in [0.4, 0.5) is 0 Å². The predicted molar refractivity (Wildman–Crippen MR) is 141 cm³/mol. The van der Waals surface area contributed by atoms with Crippen LogP contribution in [-0.4, -0.2) is 30.1 Å². The van der Waals surface area contributed by atoms with Crippen molar-refractivity contribution in [2.24, 2.45) is 0 Å². The Morgan fingerprint density at radius 3 is 2.44 bits per heavy atom. The summed E-state index contributed by atoms with van der Waals surface area (Å²) >= 11 is 6.36. The van der Waals surface area contributed by atoms with E-state index >= 15 is 0 Å². The van der Waals surface area contributed by atoms with Gasteiger partial charge in [-0.3, -0.25) is 15.0 Å². The van der Waals surface area contributed by atoms with Crippen molar-refractivity contribution < 1.29 is 14.3 Å². The molecule has 2 N–H and O–H groups in total. The first-order chi connectivity index (χ1) is 17.4. The van der Waals surface area contributed by atoms with E-state index in [9.17, 15) is 9.59 Å². The van der Waals surface area contributed by atoms with Gasteiger partial charge in [-0.25, -0.2) is 5.01 Å². The number of hydrogen-bond acceptors (Lipinski definition) is 5. The van der Waals surface area contributed by atoms with Gasteiger partial charge in [0.1, 0.15) is 17.5 Å². The summed E-state index contributed by atoms with van der Waals surface area (Å²) in [5.74, 6) is 0.991. The van der Waals surface area contributed by atoms with Crippen molar-refractivity contribution in [1.29, 1.82) is 0 Å². The summed E-state index contributed by atoms with van der Waals surface area (Å²) in [6.07, 6.45) is 1.85. The Morgan fingerprint density at radius 1 is 0.972 bits per heavy atom. The molecule has 4 aromatic rings. The summed E-state index contributed by atoms with van der Waals surface area (Å²) in [5, 5.41) is 2.82. The summed E-state index contributed by atoms with van der Waals surface area (Å²) in [5.41, 5.74) is 6.75. The van der Waals surface area contributed by atoms with Gasteiger partial charge >= 0.3 is 0 Å². The van der Waals surface area contributed by atoms with Crippen molar-refractivity contribution in [2.45, 2.75) is 13.0 Å². The Balaban J connectivity index is 1.78. The van der Waals surface area contributed by atoms with Gasteiger partial charge in [-0.2, -0.15) is 0 Å². The van der Waals surface area contributed by atoms with Crippen molar-refractivity contribution in [3.8, 4) is 22.6 Å². The molecule has 1 aromatic heterocycles. The number of aromatic amines is 1. The molecular weight excluding hydrogens is 478 g/mol. The number of rotatable bonds is 5. The van der Waals surface area contributed by atoms with Gasteiger partial charge in [-0.05, 0) is 48.0 Å². The number of benzene rings is 3. The molecule has 1 atom stereocenters. The number of halogens is 1. The fourth-order valence-electron chi connectivity index (χ4n) is 4.61. The van der Waals surface area contributed by atoms with Crippen LogP contribution in [0.2, 0.25) is 5.02 Å². The van der Waals surface area contributed by atoms with E-state index in [-0.39, 0.29) is 11.5 Å². The normalized spacial score (nSPS) is 14.9. The summed E-state index contributed by atoms with van der Waals surface area (Å²) < 4.78 is 11.0. The average molecular weight is 502 g/mol. The number of aromatic nitrogens is 1. The van der Waals surface area contributed by atoms with Crippen LogP contribution >= 0.6 is 11.6 Å². The highest BCUT2D eigenvalue weighted by molar-refractivity contribution is 6.31. The second kappa shape index (κ2) is 9.43. The highest BCUT2D eigenvalue weighted by Crippen LogP contribution is 2.40. The molecule has 0 aliphatic carbocycles. The second-order valence-electron chi connectivity index (χ2n) is 8.39. The molecule has 0 saturated carbocycles. The molecule has 1 aliphatic rings. The lowest BCUT2D eigenvalue weighted by molar-refractivity contribution is -0.132. The maximum absolute atomic E-state index is 13.5. The number of carbonyl (C=O) groups excluding carboxylic acids is 1. The average Bonchev–Trinajstić information content (AvgIpc) is 3.33. The SMILES string of the molecule is COc1ccc(OC)c([C@@H]2C=C(c3c(-c4ccccc4)c4cc(Cl)ccc4[nH]c3=O)NN2C(C)=O)c1. The number of nitrogens with one attached hydrogen (secondary N) is 2. The van der Waals surface area contributed by atoms with Crippen LogP contribution in [-0.2, 0) is 4.79 Å². The van der Waals surface area contributed by atoms with Crippen molar-refractivity contribution >= 4 is 34.1 Å². The molecule has 0 spiro atoms. The standard InChI is InChI=1S/C28H24ClN3O4/c1-16(33)32-24(21-14-19(35-2)10-12-25(21)36-3)15-23(31-32)27-26(17-7-5-4-6-8-17)20-13-18(29)9-11-22(20)30-28(27)34/h4-15,24,31H,1-3H3,(H,30,34)/t24-/m0/s1. The zero-order valence-corrected chi connectivity index (χ0v) is 20.7. The van der Waals surface area contributed by atoms with E-state index in [1.165, 1.54) is 11.9 Å². The number of hydrazine groups is 1. The predicted octanol–water partition coefficient (Wildman–Crippen LogP) is 5.31. The van der Waals surface area contributed by atoms with Crippen LogP contribution in [0.3, 0.4) is 0 Å². The van der Waals surface area contributed by atoms with E-state index in [4.69, 9.17) is 21.1 Å². The number of ether oxygens (including phenoxy) is 2. The maximum atomic E-state index is 13.5. The second-order valence-corrected chi connectivity index (χ2v) is 8.83. The van der Waals surface area contributed by atoms with E-state index in [1.807, 2.05) is 48.5 Å². The lowest BCUT2D eigenvalue weighted by Crippen LogP contribution is -2.38. The third-order valence-corrected chi connectivity index (χ3v) is 6.48. The molecule has 0 bridgehead atoms. The number of pyridine rings is 1. The third kappa shape index (κ3) is 4.07. The maximum Gasteiger partial charge on any atom is 0.258 e. The number of nitrogens with zero attached hydrogens (tertiary/aromatic N) is 1. The topological polar surface area (TPSA) is 83.7 Å². The summed E-state index contributed by atoms with van der Waals surface area (Å²) in [4.78, 5) is 29.2. The van der Waals surface area contributed by atoms with Crippen molar-refractivity contribution in [3.05, 3.63) is 99.3 Å². The molecule has 7 nitrogen and oxygen atoms in total. The molecule has 36 heavy (non-hydrogen) atoms. The van der Waals surface area contributed by atoms with E-state index in [0.29, 0.717) is 33.3 Å². The minimum Gasteiger partial charge on any atom is -0.497 e. The fourth-order valence-corrected chi connectivity index (χ4v) is 4.78. The fraction of sp³-hybridized carbons (Fsp3) is 0.143. The Morgan fingerprint density at radius 2 is 1.75 bits per heavy atom. The van der Waals surface area contributed by atoms with Gasteiger partial charge in [0.05, 0.1) is 25.5 Å². The van der Waals surface area contributed by atoms with Crippen LogP contribution < -0.4 is 20.5 Å². The molecule has 1 amide bonds. The number of carbonyl (C=O) groups is 1. The molecule has 0 fully saturated rings. The first-order valence-electron chi connectivity index (χ1n) is 11.3. The number of H-pyrrole nitrogens is 1. The molecule has 3 aromatic carbocycles. The largest absolute Gasteiger partial charge is 0.497 e. The molecule has 0 unspecified atom stereocenters. The minimum atomic E-state index is -0.541. The molecule has 2 heterocycles. The number of fused-ring (bicyclic) bond motifs is 1. The third-order valence-electron chi connectivity index (χ3n) is 6.25. The van der Waals surface area contributed by atoms with Gasteiger partial charge in [0.15, 0.2) is 0 Å². The van der Waals surface area contributed by atoms with Crippen LogP contribution in [0.5, 0.6) is 11.5 Å². The smallest absolute Gasteiger partial charge is 0.258 e. The Kier molecular flexibility index (Phi) is 6.16. The molecular formula is C28H24ClN3O4. The Hall–Kier alpha value is -4.23. The Bertz CT molecular complexity index is 1560. The summed E-state index contributed by atoms with van der Waals surface area (Å²) in [6, 6.07) is 19.9. The van der Waals surface area contributed by atoms with Gasteiger partial charge in [-0.15, -0.1) is 0 Å². The van der Waals surface area contributed by atoms with Gasteiger partial charge in [0.2, 0.25) is 5.91 Å². The van der Waals surface area contributed by atoms with Gasteiger partial charge in [0, 0.05) is 34.0 Å². The lowest BCUT2D eigenvalue weighted by atomic mass is 9.94. The van der Waals surface area contributed by atoms with Gasteiger partial charge in [0.25, 0.3) is 5.56 Å². The molecule has 0 radical (unpaired) electrons. The minimum absolute atomic E-state index is 0.224.